The highest BCUT2D eigenvalue weighted by Crippen LogP contribution is 2.42. The molecule has 5 rings (SSSR count). The Morgan fingerprint density at radius 1 is 1.03 bits per heavy atom. The zero-order valence-electron chi connectivity index (χ0n) is 17.9. The Labute approximate surface area is 187 Å². The molecule has 1 saturated carbocycles. The summed E-state index contributed by atoms with van der Waals surface area (Å²) in [6, 6.07) is 18.7. The summed E-state index contributed by atoms with van der Waals surface area (Å²) >= 11 is 1.59. The van der Waals surface area contributed by atoms with Gasteiger partial charge in [-0.15, -0.1) is 11.3 Å². The number of nitrogens with one attached hydrogen (secondary N) is 1. The average Bonchev–Trinajstić information content (AvgIpc) is 3.52. The highest BCUT2D eigenvalue weighted by atomic mass is 32.1. The molecule has 0 spiro atoms. The first-order chi connectivity index (χ1) is 15.1. The van der Waals surface area contributed by atoms with Gasteiger partial charge in [0.05, 0.1) is 10.4 Å². The summed E-state index contributed by atoms with van der Waals surface area (Å²) in [4.78, 5) is 28.4. The van der Waals surface area contributed by atoms with Crippen LogP contribution >= 0.6 is 11.3 Å². The second-order valence-corrected chi connectivity index (χ2v) is 9.95. The number of fused-ring (bicyclic) bond motifs is 1. The number of benzene rings is 2. The number of likely N-dealkylation sites (tertiary alicyclic amines) is 1. The van der Waals surface area contributed by atoms with Crippen molar-refractivity contribution in [2.24, 2.45) is 0 Å². The zero-order chi connectivity index (χ0) is 21.4. The van der Waals surface area contributed by atoms with Crippen molar-refractivity contribution in [3.05, 3.63) is 70.6 Å². The summed E-state index contributed by atoms with van der Waals surface area (Å²) in [6.07, 6.45) is 5.12. The third-order valence-electron chi connectivity index (χ3n) is 7.02. The first-order valence-corrected chi connectivity index (χ1v) is 12.0. The van der Waals surface area contributed by atoms with E-state index in [-0.39, 0.29) is 23.3 Å². The third-order valence-corrected chi connectivity index (χ3v) is 8.20. The van der Waals surface area contributed by atoms with Gasteiger partial charge in [0.15, 0.2) is 0 Å². The number of hydrogen-bond acceptors (Lipinski definition) is 3. The van der Waals surface area contributed by atoms with E-state index in [0.717, 1.165) is 59.2 Å². The summed E-state index contributed by atoms with van der Waals surface area (Å²) in [5, 5.41) is 4.64. The molecular formula is C26H28N2O2S. The Hall–Kier alpha value is -2.66. The molecule has 1 N–H and O–H groups in total. The van der Waals surface area contributed by atoms with Crippen LogP contribution in [-0.4, -0.2) is 29.8 Å². The zero-order valence-corrected chi connectivity index (χ0v) is 18.7. The van der Waals surface area contributed by atoms with E-state index >= 15 is 0 Å². The van der Waals surface area contributed by atoms with Gasteiger partial charge in [-0.2, -0.15) is 0 Å². The smallest absolute Gasteiger partial charge is 0.262 e. The lowest BCUT2D eigenvalue weighted by atomic mass is 9.87. The molecule has 0 bridgehead atoms. The summed E-state index contributed by atoms with van der Waals surface area (Å²) < 4.78 is 1.14. The molecule has 5 heteroatoms. The molecule has 1 aliphatic heterocycles. The summed E-state index contributed by atoms with van der Waals surface area (Å²) in [6.45, 7) is 3.09. The predicted octanol–water partition coefficient (Wildman–Crippen LogP) is 5.44. The van der Waals surface area contributed by atoms with Crippen LogP contribution in [0.25, 0.3) is 10.1 Å². The van der Waals surface area contributed by atoms with Gasteiger partial charge in [-0.25, -0.2) is 0 Å². The Morgan fingerprint density at radius 3 is 2.45 bits per heavy atom. The monoisotopic (exact) mass is 432 g/mol. The van der Waals surface area contributed by atoms with Crippen LogP contribution in [0.4, 0.5) is 0 Å². The molecule has 160 valence electrons. The van der Waals surface area contributed by atoms with E-state index in [2.05, 4.69) is 41.7 Å². The normalized spacial score (nSPS) is 20.3. The van der Waals surface area contributed by atoms with Crippen molar-refractivity contribution in [3.63, 3.8) is 0 Å². The van der Waals surface area contributed by atoms with Crippen LogP contribution in [0.15, 0.2) is 54.6 Å². The van der Waals surface area contributed by atoms with E-state index in [1.807, 2.05) is 23.1 Å². The number of carbonyl (C=O) groups is 2. The van der Waals surface area contributed by atoms with Crippen molar-refractivity contribution in [2.75, 3.05) is 13.1 Å². The van der Waals surface area contributed by atoms with Gasteiger partial charge in [0.1, 0.15) is 0 Å². The molecule has 0 radical (unpaired) electrons. The number of carbonyl (C=O) groups excluding carboxylic acids is 2. The molecule has 1 atom stereocenters. The van der Waals surface area contributed by atoms with Gasteiger partial charge in [-0.1, -0.05) is 61.4 Å². The minimum absolute atomic E-state index is 0.0308. The number of nitrogens with zero attached hydrogens (tertiary/aromatic N) is 1. The standard InChI is InChI=1S/C26H28N2O2S/c1-18(29)28-16-13-19(17-28)23-21-11-5-6-12-22(21)31-24(23)25(30)27-26(14-7-8-15-26)20-9-3-2-4-10-20/h2-6,9-12,19H,7-8,13-17H2,1H3,(H,27,30). The molecule has 2 aliphatic rings. The van der Waals surface area contributed by atoms with E-state index in [0.29, 0.717) is 6.54 Å². The molecular weight excluding hydrogens is 404 g/mol. The molecule has 2 aromatic carbocycles. The molecule has 4 nitrogen and oxygen atoms in total. The van der Waals surface area contributed by atoms with Crippen LogP contribution in [-0.2, 0) is 10.3 Å². The third kappa shape index (κ3) is 3.65. The molecule has 1 saturated heterocycles. The highest BCUT2D eigenvalue weighted by Gasteiger charge is 2.39. The topological polar surface area (TPSA) is 49.4 Å². The van der Waals surface area contributed by atoms with Crippen molar-refractivity contribution in [1.82, 2.24) is 10.2 Å². The molecule has 1 aliphatic carbocycles. The molecule has 1 aromatic heterocycles. The van der Waals surface area contributed by atoms with Gasteiger partial charge in [0, 0.05) is 30.6 Å². The molecule has 3 aromatic rings. The summed E-state index contributed by atoms with van der Waals surface area (Å²) in [5.74, 6) is 0.349. The SMILES string of the molecule is CC(=O)N1CCC(c2c(C(=O)NC3(c4ccccc4)CCCC3)sc3ccccc23)C1. The van der Waals surface area contributed by atoms with Crippen LogP contribution in [0.3, 0.4) is 0 Å². The first kappa shape index (κ1) is 20.3. The van der Waals surface area contributed by atoms with Gasteiger partial charge in [0.2, 0.25) is 5.91 Å². The fourth-order valence-corrected chi connectivity index (χ4v) is 6.60. The van der Waals surface area contributed by atoms with Gasteiger partial charge < -0.3 is 10.2 Å². The summed E-state index contributed by atoms with van der Waals surface area (Å²) in [5.41, 5.74) is 2.04. The first-order valence-electron chi connectivity index (χ1n) is 11.2. The highest BCUT2D eigenvalue weighted by molar-refractivity contribution is 7.21. The number of amides is 2. The van der Waals surface area contributed by atoms with E-state index in [9.17, 15) is 9.59 Å². The Morgan fingerprint density at radius 2 is 1.74 bits per heavy atom. The van der Waals surface area contributed by atoms with E-state index < -0.39 is 0 Å². The maximum Gasteiger partial charge on any atom is 0.262 e. The van der Waals surface area contributed by atoms with Crippen LogP contribution in [0.5, 0.6) is 0 Å². The van der Waals surface area contributed by atoms with E-state index in [1.165, 1.54) is 5.56 Å². The Balaban J connectivity index is 1.52. The average molecular weight is 433 g/mol. The Kier molecular flexibility index (Phi) is 5.30. The van der Waals surface area contributed by atoms with Gasteiger partial charge in [-0.05, 0) is 41.8 Å². The van der Waals surface area contributed by atoms with Crippen LogP contribution in [0, 0.1) is 0 Å². The lowest BCUT2D eigenvalue weighted by molar-refractivity contribution is -0.127. The minimum atomic E-state index is -0.285. The molecule has 31 heavy (non-hydrogen) atoms. The molecule has 2 heterocycles. The van der Waals surface area contributed by atoms with Gasteiger partial charge in [-0.3, -0.25) is 9.59 Å². The predicted molar refractivity (Wildman–Crippen MR) is 125 cm³/mol. The van der Waals surface area contributed by atoms with Crippen LogP contribution in [0.2, 0.25) is 0 Å². The van der Waals surface area contributed by atoms with Crippen molar-refractivity contribution >= 4 is 33.2 Å². The molecule has 2 fully saturated rings. The Bertz CT molecular complexity index is 1110. The fourth-order valence-electron chi connectivity index (χ4n) is 5.42. The largest absolute Gasteiger partial charge is 0.342 e. The van der Waals surface area contributed by atoms with Crippen molar-refractivity contribution in [3.8, 4) is 0 Å². The molecule has 2 amide bonds. The van der Waals surface area contributed by atoms with Crippen LogP contribution in [0.1, 0.15) is 65.7 Å². The number of rotatable bonds is 4. The van der Waals surface area contributed by atoms with Gasteiger partial charge >= 0.3 is 0 Å². The lowest BCUT2D eigenvalue weighted by Gasteiger charge is -2.31. The fraction of sp³-hybridized carbons (Fsp3) is 0.385. The van der Waals surface area contributed by atoms with Crippen molar-refractivity contribution < 1.29 is 9.59 Å². The minimum Gasteiger partial charge on any atom is -0.342 e. The molecule has 1 unspecified atom stereocenters. The quantitative estimate of drug-likeness (QED) is 0.597. The van der Waals surface area contributed by atoms with Crippen molar-refractivity contribution in [2.45, 2.75) is 50.5 Å². The second kappa shape index (κ2) is 8.12. The summed E-state index contributed by atoms with van der Waals surface area (Å²) in [7, 11) is 0. The maximum absolute atomic E-state index is 13.8. The van der Waals surface area contributed by atoms with Crippen molar-refractivity contribution in [1.29, 1.82) is 0 Å². The number of hydrogen-bond donors (Lipinski definition) is 1. The lowest BCUT2D eigenvalue weighted by Crippen LogP contribution is -2.43. The van der Waals surface area contributed by atoms with E-state index in [1.54, 1.807) is 18.3 Å². The van der Waals surface area contributed by atoms with E-state index in [4.69, 9.17) is 0 Å². The second-order valence-electron chi connectivity index (χ2n) is 8.90. The van der Waals surface area contributed by atoms with Gasteiger partial charge in [0.25, 0.3) is 5.91 Å². The number of thiophene rings is 1. The van der Waals surface area contributed by atoms with Crippen LogP contribution < -0.4 is 5.32 Å². The maximum atomic E-state index is 13.8.